The Hall–Kier alpha value is -11.8. The standard InChI is InChI=1S/C24H19N3O3.C23H16F3N3O.C23H16N4O/c1-15-8-13-19(20(28)14-15)23-26-21(16-6-4-3-5-7-16)25-22(27-23)17-9-11-18(12-10-17)24(29)30-2;1-14-7-12-18(19(30)13-14)22-28-20(15-5-3-2-4-6-15)27-21(29-22)16-8-10-17(11-9-16)23(24,25)26;1-15-7-12-19(20(28)13-15)23-26-21(17-5-3-2-4-6-17)25-22(27-23)18-10-8-16(14-24)9-11-18/h3-14,28H,1-2H3;2-13,30H,1H3;2-13,28H,1H3. The summed E-state index contributed by atoms with van der Waals surface area (Å²) in [4.78, 5) is 52.7. The number of ether oxygens (including phenoxy) is 1. The van der Waals surface area contributed by atoms with Crippen molar-refractivity contribution in [1.29, 1.82) is 5.26 Å². The molecule has 432 valence electrons. The molecule has 0 aliphatic rings. The number of halogens is 3. The zero-order valence-electron chi connectivity index (χ0n) is 47.5. The van der Waals surface area contributed by atoms with E-state index >= 15 is 0 Å². The lowest BCUT2D eigenvalue weighted by Gasteiger charge is -2.11. The molecule has 0 aliphatic carbocycles. The number of alkyl halides is 3. The van der Waals surface area contributed by atoms with Gasteiger partial charge in [0.05, 0.1) is 46.6 Å². The van der Waals surface area contributed by atoms with Crippen LogP contribution >= 0.6 is 0 Å². The van der Waals surface area contributed by atoms with Crippen LogP contribution in [0.1, 0.15) is 38.2 Å². The van der Waals surface area contributed by atoms with E-state index in [9.17, 15) is 33.3 Å². The van der Waals surface area contributed by atoms with Crippen LogP contribution in [0.3, 0.4) is 0 Å². The molecule has 0 fully saturated rings. The predicted octanol–water partition coefficient (Wildman–Crippen LogP) is 15.3. The fourth-order valence-electron chi connectivity index (χ4n) is 8.89. The third-order valence-corrected chi connectivity index (χ3v) is 13.5. The highest BCUT2D eigenvalue weighted by atomic mass is 19.4. The fourth-order valence-corrected chi connectivity index (χ4v) is 8.89. The first-order valence-electron chi connectivity index (χ1n) is 27.2. The molecule has 18 heteroatoms. The summed E-state index contributed by atoms with van der Waals surface area (Å²) in [5, 5.41) is 40.2. The molecule has 0 atom stereocenters. The van der Waals surface area contributed by atoms with Crippen LogP contribution in [-0.4, -0.2) is 73.3 Å². The number of carbonyl (C=O) groups excluding carboxylic acids is 1. The lowest BCUT2D eigenvalue weighted by atomic mass is 10.1. The number of aromatic nitrogens is 9. The van der Waals surface area contributed by atoms with Crippen LogP contribution in [0.2, 0.25) is 0 Å². The Morgan fingerprint density at radius 3 is 0.932 bits per heavy atom. The van der Waals surface area contributed by atoms with Crippen LogP contribution in [0, 0.1) is 32.1 Å². The second kappa shape index (κ2) is 26.4. The molecule has 0 aliphatic heterocycles. The molecule has 9 aromatic carbocycles. The molecule has 0 bridgehead atoms. The van der Waals surface area contributed by atoms with Crippen molar-refractivity contribution in [1.82, 2.24) is 44.9 Å². The molecular formula is C70H51F3N10O5. The maximum Gasteiger partial charge on any atom is 0.416 e. The van der Waals surface area contributed by atoms with Gasteiger partial charge in [0.2, 0.25) is 0 Å². The van der Waals surface area contributed by atoms with Crippen molar-refractivity contribution in [3.63, 3.8) is 0 Å². The molecule has 0 saturated heterocycles. The van der Waals surface area contributed by atoms with E-state index in [0.29, 0.717) is 74.2 Å². The molecule has 15 nitrogen and oxygen atoms in total. The molecule has 3 aromatic heterocycles. The van der Waals surface area contributed by atoms with E-state index in [1.807, 2.05) is 130 Å². The van der Waals surface area contributed by atoms with Crippen molar-refractivity contribution < 1.29 is 38.0 Å². The van der Waals surface area contributed by atoms with E-state index in [1.165, 1.54) is 19.2 Å². The molecule has 12 rings (SSSR count). The Labute approximate surface area is 503 Å². The number of aryl methyl sites for hydroxylation is 3. The fraction of sp³-hybridized carbons (Fsp3) is 0.0714. The molecule has 0 radical (unpaired) electrons. The van der Waals surface area contributed by atoms with Gasteiger partial charge in [-0.1, -0.05) is 133 Å². The monoisotopic (exact) mass is 1170 g/mol. The van der Waals surface area contributed by atoms with Gasteiger partial charge in [0.25, 0.3) is 0 Å². The van der Waals surface area contributed by atoms with Crippen molar-refractivity contribution in [2.24, 2.45) is 0 Å². The largest absolute Gasteiger partial charge is 0.507 e. The zero-order valence-corrected chi connectivity index (χ0v) is 47.5. The normalized spacial score (nSPS) is 10.8. The number of hydrogen-bond donors (Lipinski definition) is 3. The third-order valence-electron chi connectivity index (χ3n) is 13.5. The van der Waals surface area contributed by atoms with E-state index in [2.05, 4.69) is 50.9 Å². The lowest BCUT2D eigenvalue weighted by molar-refractivity contribution is -0.137. The molecule has 0 unspecified atom stereocenters. The Balaban J connectivity index is 0.000000146. The second-order valence-corrected chi connectivity index (χ2v) is 19.9. The summed E-state index contributed by atoms with van der Waals surface area (Å²) in [5.41, 5.74) is 8.80. The molecular weight excluding hydrogens is 1120 g/mol. The van der Waals surface area contributed by atoms with Gasteiger partial charge in [-0.15, -0.1) is 0 Å². The maximum absolute atomic E-state index is 12.9. The summed E-state index contributed by atoms with van der Waals surface area (Å²) in [7, 11) is 1.34. The number of methoxy groups -OCH3 is 1. The van der Waals surface area contributed by atoms with Crippen molar-refractivity contribution in [2.45, 2.75) is 26.9 Å². The van der Waals surface area contributed by atoms with Crippen molar-refractivity contribution in [3.05, 3.63) is 252 Å². The zero-order chi connectivity index (χ0) is 61.9. The minimum atomic E-state index is -4.42. The average Bonchev–Trinajstić information content (AvgIpc) is 3.01. The van der Waals surface area contributed by atoms with Crippen molar-refractivity contribution in [3.8, 4) is 126 Å². The lowest BCUT2D eigenvalue weighted by Crippen LogP contribution is -2.05. The number of phenols is 3. The van der Waals surface area contributed by atoms with E-state index in [-0.39, 0.29) is 28.9 Å². The smallest absolute Gasteiger partial charge is 0.416 e. The van der Waals surface area contributed by atoms with Crippen LogP contribution < -0.4 is 0 Å². The Morgan fingerprint density at radius 2 is 0.659 bits per heavy atom. The van der Waals surface area contributed by atoms with Crippen LogP contribution in [0.5, 0.6) is 17.2 Å². The third kappa shape index (κ3) is 14.2. The molecule has 12 aromatic rings. The van der Waals surface area contributed by atoms with E-state index in [0.717, 1.165) is 56.6 Å². The number of esters is 1. The number of carbonyl (C=O) groups is 1. The van der Waals surface area contributed by atoms with Crippen LogP contribution in [0.15, 0.2) is 218 Å². The van der Waals surface area contributed by atoms with Crippen LogP contribution in [0.25, 0.3) is 102 Å². The van der Waals surface area contributed by atoms with Gasteiger partial charge in [-0.2, -0.15) is 18.4 Å². The number of nitrogens with zero attached hydrogens (tertiary/aromatic N) is 10. The molecule has 0 amide bonds. The maximum atomic E-state index is 12.9. The van der Waals surface area contributed by atoms with Gasteiger partial charge in [-0.05, 0) is 122 Å². The summed E-state index contributed by atoms with van der Waals surface area (Å²) in [6.45, 7) is 5.66. The van der Waals surface area contributed by atoms with Gasteiger partial charge in [-0.25, -0.2) is 49.7 Å². The minimum Gasteiger partial charge on any atom is -0.507 e. The van der Waals surface area contributed by atoms with Gasteiger partial charge in [-0.3, -0.25) is 0 Å². The average molecular weight is 1170 g/mol. The Morgan fingerprint density at radius 1 is 0.386 bits per heavy atom. The highest BCUT2D eigenvalue weighted by Crippen LogP contribution is 2.36. The topological polar surface area (TPSA) is 227 Å². The summed E-state index contributed by atoms with van der Waals surface area (Å²) >= 11 is 0. The quantitative estimate of drug-likeness (QED) is 0.108. The second-order valence-electron chi connectivity index (χ2n) is 19.9. The number of hydrogen-bond acceptors (Lipinski definition) is 15. The van der Waals surface area contributed by atoms with E-state index in [1.54, 1.807) is 84.9 Å². The van der Waals surface area contributed by atoms with Gasteiger partial charge < -0.3 is 20.1 Å². The highest BCUT2D eigenvalue weighted by molar-refractivity contribution is 5.90. The number of aromatic hydroxyl groups is 3. The summed E-state index contributed by atoms with van der Waals surface area (Å²) in [6.07, 6.45) is -4.42. The van der Waals surface area contributed by atoms with Gasteiger partial charge in [0.1, 0.15) is 17.2 Å². The first kappa shape index (κ1) is 59.3. The molecule has 3 heterocycles. The summed E-state index contributed by atoms with van der Waals surface area (Å²) < 4.78 is 43.5. The number of phenolic OH excluding ortho intramolecular Hbond substituents is 3. The van der Waals surface area contributed by atoms with Gasteiger partial charge in [0, 0.05) is 33.4 Å². The SMILES string of the molecule is COC(=O)c1ccc(-c2nc(-c3ccccc3)nc(-c3ccc(C)cc3O)n2)cc1.Cc1ccc(-c2nc(-c3ccccc3)nc(-c3ccc(C#N)cc3)n2)c(O)c1.Cc1ccc(-c2nc(-c3ccccc3)nc(-c3ccc(C(F)(F)F)cc3)n2)c(O)c1. The van der Waals surface area contributed by atoms with Crippen molar-refractivity contribution >= 4 is 5.97 Å². The Bertz CT molecular complexity index is 4500. The summed E-state index contributed by atoms with van der Waals surface area (Å²) in [5.74, 6) is 3.33. The summed E-state index contributed by atoms with van der Waals surface area (Å²) in [6, 6.07) is 64.9. The highest BCUT2D eigenvalue weighted by Gasteiger charge is 2.30. The Kier molecular flexibility index (Phi) is 17.8. The van der Waals surface area contributed by atoms with E-state index < -0.39 is 17.7 Å². The molecule has 3 N–H and O–H groups in total. The first-order valence-corrected chi connectivity index (χ1v) is 27.2. The molecule has 88 heavy (non-hydrogen) atoms. The number of nitriles is 1. The molecule has 0 saturated carbocycles. The van der Waals surface area contributed by atoms with Crippen LogP contribution in [-0.2, 0) is 10.9 Å². The molecule has 0 spiro atoms. The van der Waals surface area contributed by atoms with Crippen molar-refractivity contribution in [2.75, 3.05) is 7.11 Å². The van der Waals surface area contributed by atoms with Gasteiger partial charge in [0.15, 0.2) is 52.4 Å². The van der Waals surface area contributed by atoms with Crippen LogP contribution in [0.4, 0.5) is 13.2 Å². The van der Waals surface area contributed by atoms with Gasteiger partial charge >= 0.3 is 12.1 Å². The predicted molar refractivity (Wildman–Crippen MR) is 329 cm³/mol. The number of rotatable bonds is 10. The number of benzene rings is 9. The first-order chi connectivity index (χ1) is 42.5. The minimum absolute atomic E-state index is 0.0126. The van der Waals surface area contributed by atoms with E-state index in [4.69, 9.17) is 10.00 Å².